The number of hydrogen-bond acceptors (Lipinski definition) is 2. The first kappa shape index (κ1) is 13.9. The lowest BCUT2D eigenvalue weighted by Crippen LogP contribution is -2.56. The number of carbonyl (C=O) groups is 2. The fourth-order valence-corrected chi connectivity index (χ4v) is 2.85. The van der Waals surface area contributed by atoms with Gasteiger partial charge in [-0.3, -0.25) is 0 Å². The number of carboxylic acid groups (broad SMARTS) is 1. The van der Waals surface area contributed by atoms with E-state index in [9.17, 15) is 14.7 Å². The monoisotopic (exact) mass is 266 g/mol. The Bertz CT molecular complexity index is 379. The van der Waals surface area contributed by atoms with Gasteiger partial charge < -0.3 is 14.9 Å². The summed E-state index contributed by atoms with van der Waals surface area (Å²) in [6, 6.07) is -0.550. The largest absolute Gasteiger partial charge is 0.480 e. The minimum atomic E-state index is -0.894. The van der Waals surface area contributed by atoms with Crippen molar-refractivity contribution < 1.29 is 14.7 Å². The molecule has 2 rings (SSSR count). The molecule has 0 bridgehead atoms. The quantitative estimate of drug-likeness (QED) is 0.791. The van der Waals surface area contributed by atoms with Gasteiger partial charge in [-0.15, -0.1) is 6.58 Å². The van der Waals surface area contributed by atoms with E-state index in [1.807, 2.05) is 6.92 Å². The number of hydrogen-bond donors (Lipinski definition) is 1. The fraction of sp³-hybridized carbons (Fsp3) is 0.714. The highest BCUT2D eigenvalue weighted by Crippen LogP contribution is 2.30. The van der Waals surface area contributed by atoms with Gasteiger partial charge in [-0.05, 0) is 31.6 Å². The highest BCUT2D eigenvalue weighted by Gasteiger charge is 2.41. The third kappa shape index (κ3) is 2.91. The van der Waals surface area contributed by atoms with Crippen LogP contribution in [0.15, 0.2) is 12.7 Å². The number of nitrogens with zero attached hydrogens (tertiary/aromatic N) is 2. The summed E-state index contributed by atoms with van der Waals surface area (Å²) in [5.74, 6) is -0.880. The molecule has 5 heteroatoms. The second kappa shape index (κ2) is 5.63. The fourth-order valence-electron chi connectivity index (χ4n) is 2.85. The summed E-state index contributed by atoms with van der Waals surface area (Å²) in [6.07, 6.45) is 5.48. The average Bonchev–Trinajstić information content (AvgIpc) is 3.18. The van der Waals surface area contributed by atoms with Gasteiger partial charge in [0, 0.05) is 19.1 Å². The van der Waals surface area contributed by atoms with Crippen LogP contribution in [-0.4, -0.2) is 52.1 Å². The van der Waals surface area contributed by atoms with E-state index in [0.717, 1.165) is 25.7 Å². The topological polar surface area (TPSA) is 60.9 Å². The molecule has 1 N–H and O–H groups in total. The molecule has 1 aliphatic heterocycles. The van der Waals surface area contributed by atoms with E-state index in [-0.39, 0.29) is 18.0 Å². The molecule has 0 spiro atoms. The summed E-state index contributed by atoms with van der Waals surface area (Å²) in [5, 5.41) is 9.36. The lowest BCUT2D eigenvalue weighted by Gasteiger charge is -2.40. The summed E-state index contributed by atoms with van der Waals surface area (Å²) in [7, 11) is 0. The van der Waals surface area contributed by atoms with Crippen LogP contribution in [0.4, 0.5) is 4.79 Å². The molecule has 2 atom stereocenters. The van der Waals surface area contributed by atoms with Crippen LogP contribution >= 0.6 is 0 Å². The molecule has 106 valence electrons. The van der Waals surface area contributed by atoms with Crippen molar-refractivity contribution >= 4 is 12.0 Å². The number of carbonyl (C=O) groups excluding carboxylic acids is 1. The highest BCUT2D eigenvalue weighted by atomic mass is 16.4. The van der Waals surface area contributed by atoms with Gasteiger partial charge in [-0.1, -0.05) is 13.0 Å². The Morgan fingerprint density at radius 3 is 2.63 bits per heavy atom. The van der Waals surface area contributed by atoms with Crippen LogP contribution in [0.2, 0.25) is 0 Å². The first-order chi connectivity index (χ1) is 9.06. The Hall–Kier alpha value is -1.52. The van der Waals surface area contributed by atoms with Gasteiger partial charge in [-0.25, -0.2) is 9.59 Å². The van der Waals surface area contributed by atoms with Crippen molar-refractivity contribution in [3.63, 3.8) is 0 Å². The van der Waals surface area contributed by atoms with E-state index >= 15 is 0 Å². The molecule has 0 aromatic rings. The van der Waals surface area contributed by atoms with Gasteiger partial charge in [0.05, 0.1) is 0 Å². The van der Waals surface area contributed by atoms with Crippen molar-refractivity contribution in [1.82, 2.24) is 9.80 Å². The summed E-state index contributed by atoms with van der Waals surface area (Å²) in [6.45, 7) is 6.63. The molecule has 0 radical (unpaired) electrons. The molecule has 2 unspecified atom stereocenters. The van der Waals surface area contributed by atoms with Crippen molar-refractivity contribution in [2.45, 2.75) is 44.7 Å². The molecule has 0 aromatic carbocycles. The van der Waals surface area contributed by atoms with Crippen molar-refractivity contribution in [2.75, 3.05) is 13.1 Å². The third-order valence-corrected chi connectivity index (χ3v) is 3.99. The number of carboxylic acids is 1. The Morgan fingerprint density at radius 1 is 1.42 bits per heavy atom. The lowest BCUT2D eigenvalue weighted by atomic mass is 9.91. The maximum atomic E-state index is 12.6. The van der Waals surface area contributed by atoms with E-state index in [2.05, 4.69) is 6.58 Å². The van der Waals surface area contributed by atoms with E-state index < -0.39 is 12.0 Å². The second-order valence-corrected chi connectivity index (χ2v) is 5.55. The smallest absolute Gasteiger partial charge is 0.326 e. The second-order valence-electron chi connectivity index (χ2n) is 5.55. The summed E-state index contributed by atoms with van der Waals surface area (Å²) in [4.78, 5) is 27.3. The summed E-state index contributed by atoms with van der Waals surface area (Å²) >= 11 is 0. The number of amides is 2. The molecular formula is C14H22N2O3. The zero-order chi connectivity index (χ0) is 14.0. The molecule has 19 heavy (non-hydrogen) atoms. The summed E-state index contributed by atoms with van der Waals surface area (Å²) < 4.78 is 0. The van der Waals surface area contributed by atoms with E-state index in [1.54, 1.807) is 15.9 Å². The Morgan fingerprint density at radius 2 is 2.11 bits per heavy atom. The van der Waals surface area contributed by atoms with Gasteiger partial charge >= 0.3 is 12.0 Å². The maximum absolute atomic E-state index is 12.6. The minimum absolute atomic E-state index is 0.0139. The van der Waals surface area contributed by atoms with Gasteiger partial charge in [0.1, 0.15) is 6.04 Å². The molecular weight excluding hydrogens is 244 g/mol. The normalized spacial score (nSPS) is 26.9. The third-order valence-electron chi connectivity index (χ3n) is 3.99. The zero-order valence-corrected chi connectivity index (χ0v) is 11.4. The van der Waals surface area contributed by atoms with Gasteiger partial charge in [-0.2, -0.15) is 0 Å². The minimum Gasteiger partial charge on any atom is -0.480 e. The number of piperidine rings is 1. The van der Waals surface area contributed by atoms with Crippen molar-refractivity contribution in [2.24, 2.45) is 5.92 Å². The molecule has 1 heterocycles. The molecule has 2 aliphatic rings. The van der Waals surface area contributed by atoms with Crippen LogP contribution in [-0.2, 0) is 4.79 Å². The first-order valence-electron chi connectivity index (χ1n) is 6.97. The molecule has 1 saturated heterocycles. The standard InChI is InChI=1S/C14H22N2O3/c1-3-8-15(11-6-7-11)14(19)16-9-4-5-10(2)12(16)13(17)18/h3,10-12H,1,4-9H2,2H3,(H,17,18). The molecule has 2 amide bonds. The van der Waals surface area contributed by atoms with E-state index in [0.29, 0.717) is 13.1 Å². The zero-order valence-electron chi connectivity index (χ0n) is 11.4. The van der Waals surface area contributed by atoms with Crippen LogP contribution in [0, 0.1) is 5.92 Å². The van der Waals surface area contributed by atoms with Crippen LogP contribution < -0.4 is 0 Å². The van der Waals surface area contributed by atoms with Crippen molar-refractivity contribution in [1.29, 1.82) is 0 Å². The van der Waals surface area contributed by atoms with Gasteiger partial charge in [0.15, 0.2) is 0 Å². The first-order valence-corrected chi connectivity index (χ1v) is 6.97. The lowest BCUT2D eigenvalue weighted by molar-refractivity contribution is -0.145. The number of likely N-dealkylation sites (tertiary alicyclic amines) is 1. The SMILES string of the molecule is C=CCN(C(=O)N1CCCC(C)C1C(=O)O)C1CC1. The number of aliphatic carboxylic acids is 1. The molecule has 2 fully saturated rings. The van der Waals surface area contributed by atoms with E-state index in [1.165, 1.54) is 0 Å². The Labute approximate surface area is 113 Å². The van der Waals surface area contributed by atoms with E-state index in [4.69, 9.17) is 0 Å². The molecule has 1 aliphatic carbocycles. The highest BCUT2D eigenvalue weighted by molar-refractivity contribution is 5.83. The van der Waals surface area contributed by atoms with Crippen LogP contribution in [0.1, 0.15) is 32.6 Å². The van der Waals surface area contributed by atoms with Gasteiger partial charge in [0.2, 0.25) is 0 Å². The van der Waals surface area contributed by atoms with Crippen LogP contribution in [0.3, 0.4) is 0 Å². The van der Waals surface area contributed by atoms with Crippen LogP contribution in [0.5, 0.6) is 0 Å². The van der Waals surface area contributed by atoms with Crippen molar-refractivity contribution in [3.8, 4) is 0 Å². The number of rotatable bonds is 4. The average molecular weight is 266 g/mol. The van der Waals surface area contributed by atoms with Gasteiger partial charge in [0.25, 0.3) is 0 Å². The number of urea groups is 1. The molecule has 5 nitrogen and oxygen atoms in total. The molecule has 0 aromatic heterocycles. The van der Waals surface area contributed by atoms with Crippen molar-refractivity contribution in [3.05, 3.63) is 12.7 Å². The Balaban J connectivity index is 2.14. The summed E-state index contributed by atoms with van der Waals surface area (Å²) in [5.41, 5.74) is 0. The Kier molecular flexibility index (Phi) is 4.12. The van der Waals surface area contributed by atoms with Crippen LogP contribution in [0.25, 0.3) is 0 Å². The predicted octanol–water partition coefficient (Wildman–Crippen LogP) is 1.94. The molecule has 1 saturated carbocycles. The maximum Gasteiger partial charge on any atom is 0.326 e. The predicted molar refractivity (Wildman–Crippen MR) is 71.8 cm³/mol.